The van der Waals surface area contributed by atoms with Crippen LogP contribution in [0, 0.1) is 11.8 Å². The third-order valence-corrected chi connectivity index (χ3v) is 4.30. The van der Waals surface area contributed by atoms with E-state index in [1.807, 2.05) is 6.92 Å². The maximum atomic E-state index is 9.98. The number of benzene rings is 1. The molecule has 1 aromatic rings. The molecule has 3 heteroatoms. The molecule has 1 fully saturated rings. The molecule has 0 saturated carbocycles. The molecule has 1 aliphatic rings. The van der Waals surface area contributed by atoms with Crippen LogP contribution in [0.5, 0.6) is 0 Å². The van der Waals surface area contributed by atoms with Gasteiger partial charge in [0, 0.05) is 32.2 Å². The summed E-state index contributed by atoms with van der Waals surface area (Å²) in [4.78, 5) is 2.51. The summed E-state index contributed by atoms with van der Waals surface area (Å²) in [5.74, 6) is 1.05. The number of likely N-dealkylation sites (tertiary alicyclic amines) is 1. The van der Waals surface area contributed by atoms with Crippen molar-refractivity contribution in [3.05, 3.63) is 35.9 Å². The highest BCUT2D eigenvalue weighted by molar-refractivity contribution is 5.14. The molecule has 0 spiro atoms. The Kier molecular flexibility index (Phi) is 6.22. The first-order chi connectivity index (χ1) is 10.0. The Hall–Kier alpha value is -0.900. The van der Waals surface area contributed by atoms with Gasteiger partial charge in [-0.05, 0) is 30.7 Å². The summed E-state index contributed by atoms with van der Waals surface area (Å²) in [6.07, 6.45) is 0.847. The first-order valence-electron chi connectivity index (χ1n) is 8.22. The zero-order chi connectivity index (χ0) is 15.2. The molecule has 0 bridgehead atoms. The van der Waals surface area contributed by atoms with Crippen molar-refractivity contribution in [3.63, 3.8) is 0 Å². The zero-order valence-corrected chi connectivity index (χ0v) is 13.6. The summed E-state index contributed by atoms with van der Waals surface area (Å²) in [7, 11) is 0. The third-order valence-electron chi connectivity index (χ3n) is 4.30. The fourth-order valence-corrected chi connectivity index (χ4v) is 3.25. The molecule has 3 unspecified atom stereocenters. The summed E-state index contributed by atoms with van der Waals surface area (Å²) in [6.45, 7) is 10.6. The van der Waals surface area contributed by atoms with Crippen molar-refractivity contribution in [2.75, 3.05) is 19.6 Å². The minimum atomic E-state index is -0.221. The second-order valence-corrected chi connectivity index (χ2v) is 6.91. The fraction of sp³-hybridized carbons (Fsp3) is 0.667. The van der Waals surface area contributed by atoms with Crippen LogP contribution in [0.4, 0.5) is 0 Å². The number of nitrogens with one attached hydrogen (secondary N) is 1. The number of rotatable bonds is 6. The smallest absolute Gasteiger partial charge is 0.0553 e. The lowest BCUT2D eigenvalue weighted by Crippen LogP contribution is -2.51. The lowest BCUT2D eigenvalue weighted by Gasteiger charge is -2.40. The van der Waals surface area contributed by atoms with Gasteiger partial charge in [0.05, 0.1) is 6.10 Å². The predicted octanol–water partition coefficient (Wildman–Crippen LogP) is 2.50. The molecule has 1 aromatic carbocycles. The normalized spacial score (nSPS) is 25.2. The van der Waals surface area contributed by atoms with Gasteiger partial charge in [0.2, 0.25) is 0 Å². The second-order valence-electron chi connectivity index (χ2n) is 6.91. The molecule has 1 aliphatic heterocycles. The van der Waals surface area contributed by atoms with Crippen molar-refractivity contribution >= 4 is 0 Å². The Morgan fingerprint density at radius 1 is 1.19 bits per heavy atom. The Bertz CT molecular complexity index is 405. The topological polar surface area (TPSA) is 35.5 Å². The third kappa shape index (κ3) is 5.42. The van der Waals surface area contributed by atoms with Crippen LogP contribution in [-0.4, -0.2) is 41.8 Å². The van der Waals surface area contributed by atoms with Crippen molar-refractivity contribution in [2.24, 2.45) is 11.8 Å². The number of hydrogen-bond donors (Lipinski definition) is 2. The minimum Gasteiger partial charge on any atom is -0.393 e. The van der Waals surface area contributed by atoms with Crippen LogP contribution in [0.25, 0.3) is 0 Å². The zero-order valence-electron chi connectivity index (χ0n) is 13.6. The van der Waals surface area contributed by atoms with Crippen LogP contribution in [0.2, 0.25) is 0 Å². The maximum absolute atomic E-state index is 9.98. The summed E-state index contributed by atoms with van der Waals surface area (Å²) in [5, 5.41) is 13.7. The van der Waals surface area contributed by atoms with E-state index < -0.39 is 0 Å². The molecule has 0 amide bonds. The predicted molar refractivity (Wildman–Crippen MR) is 88.1 cm³/mol. The molecule has 0 aromatic heterocycles. The molecule has 118 valence electrons. The Morgan fingerprint density at radius 3 is 2.52 bits per heavy atom. The van der Waals surface area contributed by atoms with E-state index in [1.54, 1.807) is 0 Å². The van der Waals surface area contributed by atoms with Crippen LogP contribution in [0.15, 0.2) is 30.3 Å². The molecule has 2 N–H and O–H groups in total. The van der Waals surface area contributed by atoms with Gasteiger partial charge in [0.15, 0.2) is 0 Å². The van der Waals surface area contributed by atoms with E-state index in [2.05, 4.69) is 54.4 Å². The highest BCUT2D eigenvalue weighted by Gasteiger charge is 2.29. The second kappa shape index (κ2) is 7.92. The van der Waals surface area contributed by atoms with E-state index in [1.165, 1.54) is 5.56 Å². The number of aliphatic hydroxyl groups excluding tert-OH is 1. The highest BCUT2D eigenvalue weighted by atomic mass is 16.3. The molecule has 21 heavy (non-hydrogen) atoms. The van der Waals surface area contributed by atoms with Crippen LogP contribution < -0.4 is 5.32 Å². The van der Waals surface area contributed by atoms with Gasteiger partial charge in [-0.2, -0.15) is 0 Å². The number of piperidine rings is 1. The largest absolute Gasteiger partial charge is 0.393 e. The summed E-state index contributed by atoms with van der Waals surface area (Å²) in [6, 6.07) is 11.0. The maximum Gasteiger partial charge on any atom is 0.0553 e. The van der Waals surface area contributed by atoms with Crippen molar-refractivity contribution in [3.8, 4) is 0 Å². The van der Waals surface area contributed by atoms with Gasteiger partial charge < -0.3 is 15.3 Å². The first-order valence-corrected chi connectivity index (χ1v) is 8.22. The van der Waals surface area contributed by atoms with Crippen LogP contribution in [0.1, 0.15) is 32.8 Å². The monoisotopic (exact) mass is 290 g/mol. The fourth-order valence-electron chi connectivity index (χ4n) is 3.25. The van der Waals surface area contributed by atoms with Crippen molar-refractivity contribution < 1.29 is 5.11 Å². The highest BCUT2D eigenvalue weighted by Crippen LogP contribution is 2.21. The molecule has 3 atom stereocenters. The van der Waals surface area contributed by atoms with Crippen LogP contribution in [-0.2, 0) is 6.54 Å². The van der Waals surface area contributed by atoms with Gasteiger partial charge >= 0.3 is 0 Å². The van der Waals surface area contributed by atoms with E-state index >= 15 is 0 Å². The molecular formula is C18H30N2O. The molecule has 1 saturated heterocycles. The SMILES string of the molecule is CC(C)CN1CC(NCc2ccccc2)CC(C(C)O)C1. The minimum absolute atomic E-state index is 0.221. The van der Waals surface area contributed by atoms with Gasteiger partial charge in [0.1, 0.15) is 0 Å². The average Bonchev–Trinajstić information content (AvgIpc) is 2.45. The van der Waals surface area contributed by atoms with Crippen LogP contribution in [0.3, 0.4) is 0 Å². The lowest BCUT2D eigenvalue weighted by atomic mass is 9.89. The Morgan fingerprint density at radius 2 is 1.90 bits per heavy atom. The van der Waals surface area contributed by atoms with E-state index in [0.29, 0.717) is 17.9 Å². The molecule has 0 aliphatic carbocycles. The molecule has 1 heterocycles. The van der Waals surface area contributed by atoms with E-state index in [-0.39, 0.29) is 6.10 Å². The molecular weight excluding hydrogens is 260 g/mol. The Balaban J connectivity index is 1.90. The van der Waals surface area contributed by atoms with Gasteiger partial charge in [-0.25, -0.2) is 0 Å². The van der Waals surface area contributed by atoms with Crippen molar-refractivity contribution in [1.82, 2.24) is 10.2 Å². The van der Waals surface area contributed by atoms with Crippen molar-refractivity contribution in [1.29, 1.82) is 0 Å². The van der Waals surface area contributed by atoms with E-state index in [9.17, 15) is 5.11 Å². The van der Waals surface area contributed by atoms with E-state index in [4.69, 9.17) is 0 Å². The van der Waals surface area contributed by atoms with E-state index in [0.717, 1.165) is 32.6 Å². The Labute approximate surface area is 129 Å². The lowest BCUT2D eigenvalue weighted by molar-refractivity contribution is 0.0432. The number of hydrogen-bond acceptors (Lipinski definition) is 3. The number of nitrogens with zero attached hydrogens (tertiary/aromatic N) is 1. The average molecular weight is 290 g/mol. The molecule has 2 rings (SSSR count). The van der Waals surface area contributed by atoms with Gasteiger partial charge in [-0.1, -0.05) is 44.2 Å². The quantitative estimate of drug-likeness (QED) is 0.845. The van der Waals surface area contributed by atoms with Crippen LogP contribution >= 0.6 is 0 Å². The summed E-state index contributed by atoms with van der Waals surface area (Å²) >= 11 is 0. The molecule has 3 nitrogen and oxygen atoms in total. The number of aliphatic hydroxyl groups is 1. The van der Waals surface area contributed by atoms with Gasteiger partial charge in [0.25, 0.3) is 0 Å². The van der Waals surface area contributed by atoms with Gasteiger partial charge in [-0.3, -0.25) is 0 Å². The summed E-state index contributed by atoms with van der Waals surface area (Å²) < 4.78 is 0. The van der Waals surface area contributed by atoms with Gasteiger partial charge in [-0.15, -0.1) is 0 Å². The standard InChI is InChI=1S/C18H30N2O/c1-14(2)11-20-12-17(15(3)21)9-18(13-20)19-10-16-7-5-4-6-8-16/h4-8,14-15,17-19,21H,9-13H2,1-3H3. The molecule has 0 radical (unpaired) electrons. The van der Waals surface area contributed by atoms with Crippen molar-refractivity contribution in [2.45, 2.75) is 45.9 Å². The first kappa shape index (κ1) is 16.5. The summed E-state index contributed by atoms with van der Waals surface area (Å²) in [5.41, 5.74) is 1.33.